The molecule has 1 fully saturated rings. The van der Waals surface area contributed by atoms with E-state index in [2.05, 4.69) is 6.92 Å². The molecule has 0 aromatic heterocycles. The van der Waals surface area contributed by atoms with Crippen LogP contribution in [0.5, 0.6) is 0 Å². The lowest BCUT2D eigenvalue weighted by molar-refractivity contribution is 0.112. The van der Waals surface area contributed by atoms with Gasteiger partial charge in [0.1, 0.15) is 5.82 Å². The van der Waals surface area contributed by atoms with Crippen LogP contribution in [0.1, 0.15) is 30.1 Å². The zero-order valence-electron chi connectivity index (χ0n) is 8.74. The molecule has 2 rings (SSSR count). The van der Waals surface area contributed by atoms with Gasteiger partial charge in [-0.1, -0.05) is 6.07 Å². The number of hydrogen-bond donors (Lipinski definition) is 0. The number of anilines is 1. The molecule has 15 heavy (non-hydrogen) atoms. The SMILES string of the molecule is CC1CCCN1c1c(F)cccc1C=O. The molecular formula is C12H14FNO. The van der Waals surface area contributed by atoms with Gasteiger partial charge in [0.2, 0.25) is 0 Å². The lowest BCUT2D eigenvalue weighted by Crippen LogP contribution is -2.28. The minimum absolute atomic E-state index is 0.298. The second-order valence-corrected chi connectivity index (χ2v) is 3.98. The lowest BCUT2D eigenvalue weighted by atomic mass is 10.1. The summed E-state index contributed by atoms with van der Waals surface area (Å²) in [4.78, 5) is 12.8. The zero-order valence-corrected chi connectivity index (χ0v) is 8.74. The molecule has 1 saturated heterocycles. The molecule has 0 saturated carbocycles. The van der Waals surface area contributed by atoms with Gasteiger partial charge < -0.3 is 4.90 Å². The summed E-state index contributed by atoms with van der Waals surface area (Å²) in [7, 11) is 0. The molecule has 0 bridgehead atoms. The smallest absolute Gasteiger partial charge is 0.152 e. The number of rotatable bonds is 2. The summed E-state index contributed by atoms with van der Waals surface area (Å²) in [6.45, 7) is 2.90. The summed E-state index contributed by atoms with van der Waals surface area (Å²) < 4.78 is 13.7. The average Bonchev–Trinajstić information content (AvgIpc) is 2.64. The molecule has 0 N–H and O–H groups in total. The first-order valence-corrected chi connectivity index (χ1v) is 5.24. The van der Waals surface area contributed by atoms with Crippen LogP contribution in [0.25, 0.3) is 0 Å². The van der Waals surface area contributed by atoms with E-state index >= 15 is 0 Å². The molecule has 0 aliphatic carbocycles. The molecule has 1 aliphatic rings. The zero-order chi connectivity index (χ0) is 10.8. The van der Waals surface area contributed by atoms with Crippen molar-refractivity contribution in [2.24, 2.45) is 0 Å². The molecule has 3 heteroatoms. The van der Waals surface area contributed by atoms with Crippen molar-refractivity contribution >= 4 is 12.0 Å². The molecule has 0 amide bonds. The van der Waals surface area contributed by atoms with E-state index < -0.39 is 0 Å². The normalized spacial score (nSPS) is 20.7. The van der Waals surface area contributed by atoms with E-state index in [9.17, 15) is 9.18 Å². The fraction of sp³-hybridized carbons (Fsp3) is 0.417. The lowest BCUT2D eigenvalue weighted by Gasteiger charge is -2.25. The number of nitrogens with zero attached hydrogens (tertiary/aromatic N) is 1. The summed E-state index contributed by atoms with van der Waals surface area (Å²) in [6, 6.07) is 4.97. The monoisotopic (exact) mass is 207 g/mol. The summed E-state index contributed by atoms with van der Waals surface area (Å²) in [5.74, 6) is -0.298. The topological polar surface area (TPSA) is 20.3 Å². The van der Waals surface area contributed by atoms with Gasteiger partial charge in [-0.3, -0.25) is 4.79 Å². The maximum absolute atomic E-state index is 13.7. The quantitative estimate of drug-likeness (QED) is 0.695. The molecule has 1 aromatic rings. The first kappa shape index (κ1) is 10.1. The van der Waals surface area contributed by atoms with Crippen LogP contribution in [-0.4, -0.2) is 18.9 Å². The highest BCUT2D eigenvalue weighted by molar-refractivity contribution is 5.85. The van der Waals surface area contributed by atoms with Crippen molar-refractivity contribution in [2.75, 3.05) is 11.4 Å². The van der Waals surface area contributed by atoms with Crippen molar-refractivity contribution in [1.82, 2.24) is 0 Å². The summed E-state index contributed by atoms with van der Waals surface area (Å²) in [5.41, 5.74) is 0.918. The Morgan fingerprint density at radius 2 is 2.33 bits per heavy atom. The number of carbonyl (C=O) groups excluding carboxylic acids is 1. The van der Waals surface area contributed by atoms with Gasteiger partial charge in [-0.15, -0.1) is 0 Å². The third kappa shape index (κ3) is 1.74. The van der Waals surface area contributed by atoms with Crippen molar-refractivity contribution in [1.29, 1.82) is 0 Å². The van der Waals surface area contributed by atoms with Crippen LogP contribution in [0.4, 0.5) is 10.1 Å². The molecule has 0 spiro atoms. The molecule has 1 aliphatic heterocycles. The minimum atomic E-state index is -0.298. The fourth-order valence-electron chi connectivity index (χ4n) is 2.20. The van der Waals surface area contributed by atoms with Gasteiger partial charge in [0.05, 0.1) is 5.69 Å². The van der Waals surface area contributed by atoms with Gasteiger partial charge in [-0.25, -0.2) is 4.39 Å². The third-order valence-electron chi connectivity index (χ3n) is 2.99. The number of aldehydes is 1. The third-order valence-corrected chi connectivity index (χ3v) is 2.99. The van der Waals surface area contributed by atoms with Crippen LogP contribution in [0, 0.1) is 5.82 Å². The van der Waals surface area contributed by atoms with E-state index in [1.165, 1.54) is 6.07 Å². The Morgan fingerprint density at radius 1 is 1.53 bits per heavy atom. The highest BCUT2D eigenvalue weighted by Gasteiger charge is 2.24. The van der Waals surface area contributed by atoms with Crippen molar-refractivity contribution in [3.05, 3.63) is 29.6 Å². The van der Waals surface area contributed by atoms with E-state index in [4.69, 9.17) is 0 Å². The van der Waals surface area contributed by atoms with Gasteiger partial charge in [-0.05, 0) is 31.9 Å². The number of hydrogen-bond acceptors (Lipinski definition) is 2. The highest BCUT2D eigenvalue weighted by atomic mass is 19.1. The van der Waals surface area contributed by atoms with Crippen LogP contribution in [0.15, 0.2) is 18.2 Å². The average molecular weight is 207 g/mol. The summed E-state index contributed by atoms with van der Waals surface area (Å²) >= 11 is 0. The van der Waals surface area contributed by atoms with Crippen molar-refractivity contribution < 1.29 is 9.18 Å². The first-order valence-electron chi connectivity index (χ1n) is 5.24. The van der Waals surface area contributed by atoms with Gasteiger partial charge in [0.15, 0.2) is 6.29 Å². The highest BCUT2D eigenvalue weighted by Crippen LogP contribution is 2.30. The standard InChI is InChI=1S/C12H14FNO/c1-9-4-3-7-14(9)12-10(8-15)5-2-6-11(12)13/h2,5-6,8-9H,3-4,7H2,1H3. The van der Waals surface area contributed by atoms with Crippen LogP contribution in [0.2, 0.25) is 0 Å². The van der Waals surface area contributed by atoms with Gasteiger partial charge >= 0.3 is 0 Å². The van der Waals surface area contributed by atoms with Crippen molar-refractivity contribution in [2.45, 2.75) is 25.8 Å². The number of para-hydroxylation sites is 1. The number of benzene rings is 1. The molecule has 2 nitrogen and oxygen atoms in total. The van der Waals surface area contributed by atoms with Gasteiger partial charge in [0.25, 0.3) is 0 Å². The van der Waals surface area contributed by atoms with Gasteiger partial charge in [-0.2, -0.15) is 0 Å². The van der Waals surface area contributed by atoms with Crippen LogP contribution >= 0.6 is 0 Å². The van der Waals surface area contributed by atoms with Crippen molar-refractivity contribution in [3.63, 3.8) is 0 Å². The largest absolute Gasteiger partial charge is 0.366 e. The Balaban J connectivity index is 2.45. The van der Waals surface area contributed by atoms with Crippen LogP contribution < -0.4 is 4.90 Å². The summed E-state index contributed by atoms with van der Waals surface area (Å²) in [6.07, 6.45) is 2.85. The van der Waals surface area contributed by atoms with E-state index in [1.54, 1.807) is 12.1 Å². The van der Waals surface area contributed by atoms with E-state index in [0.717, 1.165) is 25.7 Å². The minimum Gasteiger partial charge on any atom is -0.366 e. The van der Waals surface area contributed by atoms with E-state index in [-0.39, 0.29) is 5.82 Å². The molecule has 1 heterocycles. The molecule has 1 unspecified atom stereocenters. The Labute approximate surface area is 88.7 Å². The maximum Gasteiger partial charge on any atom is 0.152 e. The Kier molecular flexibility index (Phi) is 2.71. The Morgan fingerprint density at radius 3 is 2.93 bits per heavy atom. The molecular weight excluding hydrogens is 193 g/mol. The van der Waals surface area contributed by atoms with Gasteiger partial charge in [0, 0.05) is 18.2 Å². The molecule has 1 atom stereocenters. The number of carbonyl (C=O) groups is 1. The Bertz CT molecular complexity index is 378. The van der Waals surface area contributed by atoms with Crippen LogP contribution in [0.3, 0.4) is 0 Å². The van der Waals surface area contributed by atoms with Crippen LogP contribution in [-0.2, 0) is 0 Å². The Hall–Kier alpha value is -1.38. The van der Waals surface area contributed by atoms with E-state index in [0.29, 0.717) is 17.3 Å². The predicted molar refractivity (Wildman–Crippen MR) is 57.8 cm³/mol. The maximum atomic E-state index is 13.7. The fourth-order valence-corrected chi connectivity index (χ4v) is 2.20. The van der Waals surface area contributed by atoms with Crippen molar-refractivity contribution in [3.8, 4) is 0 Å². The van der Waals surface area contributed by atoms with E-state index in [1.807, 2.05) is 4.90 Å². The second-order valence-electron chi connectivity index (χ2n) is 3.98. The summed E-state index contributed by atoms with van der Waals surface area (Å²) in [5, 5.41) is 0. The predicted octanol–water partition coefficient (Wildman–Crippen LogP) is 2.63. The first-order chi connectivity index (χ1) is 7.24. The molecule has 80 valence electrons. The molecule has 1 aromatic carbocycles. The second kappa shape index (κ2) is 4.01. The molecule has 0 radical (unpaired) electrons. The number of halogens is 1.